The topological polar surface area (TPSA) is 61.7 Å². The molecular weight excluding hydrogens is 836 g/mol. The summed E-state index contributed by atoms with van der Waals surface area (Å²) in [5.74, 6) is 1.77. The molecule has 4 aromatic heterocycles. The molecular formula is C57H41B6N5O. The average Bonchev–Trinajstić information content (AvgIpc) is 4.06. The Labute approximate surface area is 404 Å². The Hall–Kier alpha value is -8.22. The largest absolute Gasteiger partial charge is 0.455 e. The average molecular weight is 877 g/mol. The molecule has 4 heterocycles. The number of nitrogens with zero attached hydrogens (tertiary/aromatic N) is 5. The molecule has 0 amide bonds. The molecule has 0 aliphatic carbocycles. The highest BCUT2D eigenvalue weighted by molar-refractivity contribution is 6.62. The van der Waals surface area contributed by atoms with Crippen molar-refractivity contribution >= 4 is 145 Å². The molecule has 0 unspecified atom stereocenters. The van der Waals surface area contributed by atoms with E-state index in [1.165, 1.54) is 65.4 Å². The SMILES string of the molecule is Bc1cc(B)c2c(c1B)c1c(B)c(B)cc(B)c1n2-c1cc(-c2ccccc2)c2oc3cc(-c4nc(-c5ccccc5)nc(-c5ccc6c7ccccc7n(-c7ccccc7)c6c5)n4)ccc3c2c1. The predicted octanol–water partition coefficient (Wildman–Crippen LogP) is 4.18. The highest BCUT2D eigenvalue weighted by Gasteiger charge is 2.24. The number of benzene rings is 9. The lowest BCUT2D eigenvalue weighted by molar-refractivity contribution is 0.670. The zero-order valence-electron chi connectivity index (χ0n) is 39.4. The number of hydrogen-bond donors (Lipinski definition) is 0. The van der Waals surface area contributed by atoms with E-state index >= 15 is 0 Å². The van der Waals surface area contributed by atoms with Gasteiger partial charge in [-0.1, -0.05) is 160 Å². The van der Waals surface area contributed by atoms with Crippen molar-refractivity contribution in [1.29, 1.82) is 0 Å². The summed E-state index contributed by atoms with van der Waals surface area (Å²) < 4.78 is 11.9. The first-order valence-electron chi connectivity index (χ1n) is 23.7. The third-order valence-electron chi connectivity index (χ3n) is 14.5. The van der Waals surface area contributed by atoms with Gasteiger partial charge in [-0.3, -0.25) is 0 Å². The second-order valence-corrected chi connectivity index (χ2v) is 18.7. The Morgan fingerprint density at radius 1 is 0.362 bits per heavy atom. The van der Waals surface area contributed by atoms with Crippen LogP contribution in [-0.2, 0) is 0 Å². The van der Waals surface area contributed by atoms with Crippen molar-refractivity contribution in [1.82, 2.24) is 24.1 Å². The molecule has 13 rings (SSSR count). The summed E-state index contributed by atoms with van der Waals surface area (Å²) in [7, 11) is 13.5. The fourth-order valence-electron chi connectivity index (χ4n) is 11.0. The van der Waals surface area contributed by atoms with E-state index in [-0.39, 0.29) is 0 Å². The van der Waals surface area contributed by atoms with Crippen LogP contribution in [0.15, 0.2) is 180 Å². The molecule has 0 bridgehead atoms. The Kier molecular flexibility index (Phi) is 9.32. The number of rotatable bonds is 6. The molecule has 0 radical (unpaired) electrons. The Balaban J connectivity index is 1.03. The first kappa shape index (κ1) is 41.0. The van der Waals surface area contributed by atoms with Gasteiger partial charge in [0, 0.05) is 66.2 Å². The fourth-order valence-corrected chi connectivity index (χ4v) is 11.0. The number of fused-ring (bicyclic) bond motifs is 9. The predicted molar refractivity (Wildman–Crippen MR) is 307 cm³/mol. The molecule has 0 N–H and O–H groups in total. The molecule has 13 aromatic rings. The fraction of sp³-hybridized carbons (Fsp3) is 0. The molecule has 12 heteroatoms. The van der Waals surface area contributed by atoms with E-state index in [4.69, 9.17) is 19.4 Å². The number of hydrogen-bond acceptors (Lipinski definition) is 4. The first-order chi connectivity index (χ1) is 33.7. The van der Waals surface area contributed by atoms with Gasteiger partial charge >= 0.3 is 0 Å². The molecule has 318 valence electrons. The summed E-state index contributed by atoms with van der Waals surface area (Å²) in [5, 5.41) is 7.11. The van der Waals surface area contributed by atoms with E-state index in [1.54, 1.807) is 0 Å². The summed E-state index contributed by atoms with van der Waals surface area (Å²) in [4.78, 5) is 15.6. The van der Waals surface area contributed by atoms with Crippen LogP contribution in [0.2, 0.25) is 0 Å². The summed E-state index contributed by atoms with van der Waals surface area (Å²) >= 11 is 0. The second kappa shape index (κ2) is 15.7. The number of para-hydroxylation sites is 2. The van der Waals surface area contributed by atoms with Crippen LogP contribution in [0.5, 0.6) is 0 Å². The Morgan fingerprint density at radius 2 is 0.884 bits per heavy atom. The van der Waals surface area contributed by atoms with Gasteiger partial charge in [-0.05, 0) is 64.9 Å². The van der Waals surface area contributed by atoms with Gasteiger partial charge in [0.15, 0.2) is 17.5 Å². The van der Waals surface area contributed by atoms with Gasteiger partial charge in [0.2, 0.25) is 0 Å². The van der Waals surface area contributed by atoms with Gasteiger partial charge in [-0.25, -0.2) is 15.0 Å². The van der Waals surface area contributed by atoms with E-state index in [1.807, 2.05) is 18.2 Å². The van der Waals surface area contributed by atoms with Gasteiger partial charge < -0.3 is 13.6 Å². The minimum atomic E-state index is 0.571. The summed E-state index contributed by atoms with van der Waals surface area (Å²) in [5.41, 5.74) is 21.1. The van der Waals surface area contributed by atoms with Crippen LogP contribution in [0.4, 0.5) is 0 Å². The number of aromatic nitrogens is 5. The zero-order valence-corrected chi connectivity index (χ0v) is 39.4. The molecule has 69 heavy (non-hydrogen) atoms. The molecule has 0 atom stereocenters. The summed E-state index contributed by atoms with van der Waals surface area (Å²) in [6, 6.07) is 62.2. The maximum atomic E-state index is 7.04. The lowest BCUT2D eigenvalue weighted by Crippen LogP contribution is -2.33. The standard InChI is InChI=1S/C57H41B6N5O/c58-41-28-43(60)52-48(50(41)62)49-51(63)42(59)29-44(61)53(49)68(52)35-26-39(30-12-4-1-5-13-30)54-40(27-35)38-23-21-33(25-47(38)69-54)57-65-55(31-14-6-2-7-15-31)64-56(66-57)32-20-22-37-36-18-10-11-19-45(36)67(46(37)24-32)34-16-8-3-9-17-34/h1-29H,58-63H2. The molecule has 0 fully saturated rings. The van der Waals surface area contributed by atoms with Crippen LogP contribution in [0.25, 0.3) is 122 Å². The lowest BCUT2D eigenvalue weighted by atomic mass is 9.71. The van der Waals surface area contributed by atoms with Crippen molar-refractivity contribution < 1.29 is 4.42 Å². The highest BCUT2D eigenvalue weighted by atomic mass is 16.3. The number of furan rings is 1. The van der Waals surface area contributed by atoms with Crippen molar-refractivity contribution in [2.45, 2.75) is 0 Å². The van der Waals surface area contributed by atoms with Gasteiger partial charge in [0.1, 0.15) is 58.2 Å². The van der Waals surface area contributed by atoms with Crippen LogP contribution in [0.3, 0.4) is 0 Å². The van der Waals surface area contributed by atoms with Crippen LogP contribution >= 0.6 is 0 Å². The van der Waals surface area contributed by atoms with Crippen LogP contribution in [-0.4, -0.2) is 71.2 Å². The van der Waals surface area contributed by atoms with Gasteiger partial charge in [0.05, 0.1) is 11.0 Å². The molecule has 9 aromatic carbocycles. The van der Waals surface area contributed by atoms with Crippen molar-refractivity contribution in [3.05, 3.63) is 176 Å². The maximum absolute atomic E-state index is 7.04. The van der Waals surface area contributed by atoms with E-state index in [0.29, 0.717) is 17.5 Å². The maximum Gasteiger partial charge on any atom is 0.164 e. The molecule has 0 aliphatic rings. The van der Waals surface area contributed by atoms with Crippen LogP contribution in [0.1, 0.15) is 0 Å². The Bertz CT molecular complexity index is 4190. The monoisotopic (exact) mass is 877 g/mol. The quantitative estimate of drug-likeness (QED) is 0.236. The van der Waals surface area contributed by atoms with E-state index in [0.717, 1.165) is 72.2 Å². The Morgan fingerprint density at radius 3 is 1.52 bits per heavy atom. The van der Waals surface area contributed by atoms with Crippen molar-refractivity contribution in [2.24, 2.45) is 0 Å². The lowest BCUT2D eigenvalue weighted by Gasteiger charge is -2.15. The van der Waals surface area contributed by atoms with E-state index < -0.39 is 0 Å². The molecule has 0 aliphatic heterocycles. The third-order valence-corrected chi connectivity index (χ3v) is 14.5. The van der Waals surface area contributed by atoms with Gasteiger partial charge in [0.25, 0.3) is 0 Å². The van der Waals surface area contributed by atoms with E-state index in [9.17, 15) is 0 Å². The minimum absolute atomic E-state index is 0.571. The minimum Gasteiger partial charge on any atom is -0.455 e. The molecule has 6 nitrogen and oxygen atoms in total. The second-order valence-electron chi connectivity index (χ2n) is 18.7. The zero-order chi connectivity index (χ0) is 46.7. The van der Waals surface area contributed by atoms with Crippen LogP contribution in [0, 0.1) is 0 Å². The summed E-state index contributed by atoms with van der Waals surface area (Å²) in [6.45, 7) is 0. The van der Waals surface area contributed by atoms with Gasteiger partial charge in [-0.15, -0.1) is 0 Å². The summed E-state index contributed by atoms with van der Waals surface area (Å²) in [6.07, 6.45) is 0. The van der Waals surface area contributed by atoms with Gasteiger partial charge in [-0.2, -0.15) is 0 Å². The first-order valence-corrected chi connectivity index (χ1v) is 23.7. The third kappa shape index (κ3) is 6.39. The molecule has 0 saturated carbocycles. The van der Waals surface area contributed by atoms with Crippen molar-refractivity contribution in [3.63, 3.8) is 0 Å². The smallest absolute Gasteiger partial charge is 0.164 e. The van der Waals surface area contributed by atoms with Crippen LogP contribution < -0.4 is 32.8 Å². The van der Waals surface area contributed by atoms with E-state index in [2.05, 4.69) is 214 Å². The molecule has 0 spiro atoms. The van der Waals surface area contributed by atoms with Crippen molar-refractivity contribution in [3.8, 4) is 56.7 Å². The normalized spacial score (nSPS) is 11.8. The molecule has 0 saturated heterocycles. The highest BCUT2D eigenvalue weighted by Crippen LogP contribution is 2.41. The van der Waals surface area contributed by atoms with Crippen molar-refractivity contribution in [2.75, 3.05) is 0 Å².